The van der Waals surface area contributed by atoms with E-state index in [2.05, 4.69) is 4.74 Å². The summed E-state index contributed by atoms with van der Waals surface area (Å²) < 4.78 is 9.75. The summed E-state index contributed by atoms with van der Waals surface area (Å²) in [7, 11) is 1.31. The standard InChI is InChI=1S/C15H21NO4/c1-4-20-11-14(17)16(10-15(18)19-3)9-13-8-6-5-7-12(13)2/h5-8H,4,9-11H2,1-3H3. The summed E-state index contributed by atoms with van der Waals surface area (Å²) in [5.41, 5.74) is 2.08. The number of benzene rings is 1. The van der Waals surface area contributed by atoms with Gasteiger partial charge in [-0.25, -0.2) is 0 Å². The Kier molecular flexibility index (Phi) is 6.73. The van der Waals surface area contributed by atoms with Crippen LogP contribution in [0.3, 0.4) is 0 Å². The van der Waals surface area contributed by atoms with Crippen molar-refractivity contribution in [3.63, 3.8) is 0 Å². The molecule has 5 nitrogen and oxygen atoms in total. The molecule has 1 amide bonds. The third-order valence-electron chi connectivity index (χ3n) is 2.95. The first-order valence-electron chi connectivity index (χ1n) is 6.55. The first-order valence-corrected chi connectivity index (χ1v) is 6.55. The largest absolute Gasteiger partial charge is 0.468 e. The van der Waals surface area contributed by atoms with Gasteiger partial charge < -0.3 is 14.4 Å². The number of aryl methyl sites for hydroxylation is 1. The highest BCUT2D eigenvalue weighted by molar-refractivity contribution is 5.82. The number of esters is 1. The molecule has 1 aromatic carbocycles. The van der Waals surface area contributed by atoms with E-state index in [1.54, 1.807) is 0 Å². The molecule has 0 fully saturated rings. The van der Waals surface area contributed by atoms with Crippen molar-refractivity contribution >= 4 is 11.9 Å². The van der Waals surface area contributed by atoms with Crippen LogP contribution in [-0.2, 0) is 25.6 Å². The Labute approximate surface area is 119 Å². The highest BCUT2D eigenvalue weighted by atomic mass is 16.5. The molecular weight excluding hydrogens is 258 g/mol. The molecule has 0 aliphatic rings. The average molecular weight is 279 g/mol. The second-order valence-corrected chi connectivity index (χ2v) is 4.39. The molecule has 0 atom stereocenters. The van der Waals surface area contributed by atoms with Gasteiger partial charge >= 0.3 is 5.97 Å². The Morgan fingerprint density at radius 1 is 1.25 bits per heavy atom. The van der Waals surface area contributed by atoms with Crippen molar-refractivity contribution in [3.05, 3.63) is 35.4 Å². The van der Waals surface area contributed by atoms with Crippen LogP contribution in [0.25, 0.3) is 0 Å². The van der Waals surface area contributed by atoms with Crippen LogP contribution in [0, 0.1) is 6.92 Å². The maximum absolute atomic E-state index is 12.1. The van der Waals surface area contributed by atoms with Crippen LogP contribution < -0.4 is 0 Å². The summed E-state index contributed by atoms with van der Waals surface area (Å²) in [4.78, 5) is 24.9. The Hall–Kier alpha value is -1.88. The lowest BCUT2D eigenvalue weighted by atomic mass is 10.1. The Morgan fingerprint density at radius 2 is 1.95 bits per heavy atom. The van der Waals surface area contributed by atoms with E-state index >= 15 is 0 Å². The molecule has 0 saturated carbocycles. The average Bonchev–Trinajstić information content (AvgIpc) is 2.46. The smallest absolute Gasteiger partial charge is 0.325 e. The molecular formula is C15H21NO4. The number of carbonyl (C=O) groups excluding carboxylic acids is 2. The lowest BCUT2D eigenvalue weighted by molar-refractivity contribution is -0.149. The summed E-state index contributed by atoms with van der Waals surface area (Å²) in [5, 5.41) is 0. The fourth-order valence-electron chi connectivity index (χ4n) is 1.73. The molecule has 0 aliphatic carbocycles. The minimum absolute atomic E-state index is 0.0284. The third-order valence-corrected chi connectivity index (χ3v) is 2.95. The Morgan fingerprint density at radius 3 is 2.55 bits per heavy atom. The van der Waals surface area contributed by atoms with Gasteiger partial charge in [-0.2, -0.15) is 0 Å². The fourth-order valence-corrected chi connectivity index (χ4v) is 1.73. The molecule has 1 aromatic rings. The van der Waals surface area contributed by atoms with Crippen LogP contribution in [0.1, 0.15) is 18.1 Å². The molecule has 20 heavy (non-hydrogen) atoms. The van der Waals surface area contributed by atoms with E-state index in [9.17, 15) is 9.59 Å². The van der Waals surface area contributed by atoms with Crippen LogP contribution >= 0.6 is 0 Å². The van der Waals surface area contributed by atoms with Crippen molar-refractivity contribution in [1.29, 1.82) is 0 Å². The molecule has 0 saturated heterocycles. The predicted octanol–water partition coefficient (Wildman–Crippen LogP) is 1.53. The molecule has 0 aliphatic heterocycles. The highest BCUT2D eigenvalue weighted by Crippen LogP contribution is 2.11. The minimum Gasteiger partial charge on any atom is -0.468 e. The molecule has 0 N–H and O–H groups in total. The first-order chi connectivity index (χ1) is 9.58. The zero-order valence-corrected chi connectivity index (χ0v) is 12.2. The Balaban J connectivity index is 2.79. The third kappa shape index (κ3) is 5.01. The van der Waals surface area contributed by atoms with Crippen molar-refractivity contribution in [2.45, 2.75) is 20.4 Å². The van der Waals surface area contributed by atoms with Crippen molar-refractivity contribution in [3.8, 4) is 0 Å². The van der Waals surface area contributed by atoms with Gasteiger partial charge in [0.1, 0.15) is 13.2 Å². The van der Waals surface area contributed by atoms with E-state index < -0.39 is 5.97 Å². The van der Waals surface area contributed by atoms with Crippen molar-refractivity contribution in [2.75, 3.05) is 26.9 Å². The second kappa shape index (κ2) is 8.32. The zero-order chi connectivity index (χ0) is 15.0. The number of hydrogen-bond donors (Lipinski definition) is 0. The van der Waals surface area contributed by atoms with Crippen molar-refractivity contribution < 1.29 is 19.1 Å². The van der Waals surface area contributed by atoms with E-state index in [4.69, 9.17) is 4.74 Å². The number of methoxy groups -OCH3 is 1. The van der Waals surface area contributed by atoms with Gasteiger partial charge in [0.05, 0.1) is 7.11 Å². The maximum atomic E-state index is 12.1. The molecule has 0 aromatic heterocycles. The maximum Gasteiger partial charge on any atom is 0.325 e. The number of hydrogen-bond acceptors (Lipinski definition) is 4. The summed E-state index contributed by atoms with van der Waals surface area (Å²) in [5.74, 6) is -0.663. The minimum atomic E-state index is -0.441. The van der Waals surface area contributed by atoms with Crippen LogP contribution in [0.2, 0.25) is 0 Å². The van der Waals surface area contributed by atoms with Gasteiger partial charge in [0.25, 0.3) is 0 Å². The molecule has 1 rings (SSSR count). The summed E-state index contributed by atoms with van der Waals surface area (Å²) in [6, 6.07) is 7.75. The number of carbonyl (C=O) groups is 2. The van der Waals surface area contributed by atoms with Crippen molar-refractivity contribution in [2.24, 2.45) is 0 Å². The lowest BCUT2D eigenvalue weighted by Crippen LogP contribution is -2.38. The van der Waals surface area contributed by atoms with Gasteiger partial charge in [-0.05, 0) is 25.0 Å². The lowest BCUT2D eigenvalue weighted by Gasteiger charge is -2.22. The molecule has 0 unspecified atom stereocenters. The quantitative estimate of drug-likeness (QED) is 0.710. The van der Waals surface area contributed by atoms with Crippen LogP contribution in [0.15, 0.2) is 24.3 Å². The van der Waals surface area contributed by atoms with E-state index in [-0.39, 0.29) is 19.1 Å². The molecule has 0 bridgehead atoms. The molecule has 0 radical (unpaired) electrons. The van der Waals surface area contributed by atoms with Crippen molar-refractivity contribution in [1.82, 2.24) is 4.90 Å². The van der Waals surface area contributed by atoms with Gasteiger partial charge in [0, 0.05) is 13.2 Å². The number of amides is 1. The number of nitrogens with zero attached hydrogens (tertiary/aromatic N) is 1. The van der Waals surface area contributed by atoms with Crippen LogP contribution in [0.5, 0.6) is 0 Å². The van der Waals surface area contributed by atoms with E-state index in [1.807, 2.05) is 38.1 Å². The number of ether oxygens (including phenoxy) is 2. The van der Waals surface area contributed by atoms with Gasteiger partial charge in [0.15, 0.2) is 0 Å². The zero-order valence-electron chi connectivity index (χ0n) is 12.2. The monoisotopic (exact) mass is 279 g/mol. The summed E-state index contributed by atoms with van der Waals surface area (Å²) in [6.45, 7) is 4.52. The van der Waals surface area contributed by atoms with E-state index in [0.717, 1.165) is 11.1 Å². The van der Waals surface area contributed by atoms with Gasteiger partial charge in [-0.3, -0.25) is 9.59 Å². The van der Waals surface area contributed by atoms with E-state index in [1.165, 1.54) is 12.0 Å². The normalized spacial score (nSPS) is 10.2. The molecule has 110 valence electrons. The van der Waals surface area contributed by atoms with Crippen LogP contribution in [-0.4, -0.2) is 43.6 Å². The summed E-state index contributed by atoms with van der Waals surface area (Å²) >= 11 is 0. The first kappa shape index (κ1) is 16.2. The topological polar surface area (TPSA) is 55.8 Å². The fraction of sp³-hybridized carbons (Fsp3) is 0.467. The molecule has 0 heterocycles. The second-order valence-electron chi connectivity index (χ2n) is 4.39. The molecule has 0 spiro atoms. The highest BCUT2D eigenvalue weighted by Gasteiger charge is 2.18. The molecule has 5 heteroatoms. The Bertz CT molecular complexity index is 459. The van der Waals surface area contributed by atoms with Gasteiger partial charge in [-0.1, -0.05) is 24.3 Å². The van der Waals surface area contributed by atoms with E-state index in [0.29, 0.717) is 13.2 Å². The SMILES string of the molecule is CCOCC(=O)N(CC(=O)OC)Cc1ccccc1C. The van der Waals surface area contributed by atoms with Gasteiger partial charge in [-0.15, -0.1) is 0 Å². The van der Waals surface area contributed by atoms with Gasteiger partial charge in [0.2, 0.25) is 5.91 Å². The van der Waals surface area contributed by atoms with Crippen LogP contribution in [0.4, 0.5) is 0 Å². The predicted molar refractivity (Wildman–Crippen MR) is 75.1 cm³/mol. The summed E-state index contributed by atoms with van der Waals surface area (Å²) in [6.07, 6.45) is 0. The number of rotatable bonds is 7.